The Balaban J connectivity index is 2.39. The van der Waals surface area contributed by atoms with Crippen molar-refractivity contribution in [3.05, 3.63) is 82.3 Å². The molecule has 34 heavy (non-hydrogen) atoms. The van der Waals surface area contributed by atoms with Crippen LogP contribution < -0.4 is 15.4 Å². The van der Waals surface area contributed by atoms with Gasteiger partial charge in [0.25, 0.3) is 0 Å². The Morgan fingerprint density at radius 2 is 1.71 bits per heavy atom. The Bertz CT molecular complexity index is 1270. The van der Waals surface area contributed by atoms with Crippen LogP contribution in [0.25, 0.3) is 0 Å². The van der Waals surface area contributed by atoms with Crippen molar-refractivity contribution in [3.63, 3.8) is 0 Å². The average Bonchev–Trinajstić information content (AvgIpc) is 2.87. The minimum Gasteiger partial charge on any atom is -0.492 e. The van der Waals surface area contributed by atoms with E-state index in [-0.39, 0.29) is 33.9 Å². The van der Waals surface area contributed by atoms with E-state index in [0.717, 1.165) is 0 Å². The van der Waals surface area contributed by atoms with Crippen LogP contribution in [0.5, 0.6) is 5.75 Å². The average molecular weight is 458 g/mol. The molecule has 2 N–H and O–H groups in total. The second-order valence-corrected chi connectivity index (χ2v) is 7.06. The maximum absolute atomic E-state index is 13.0. The zero-order valence-electron chi connectivity index (χ0n) is 18.9. The number of nitrogens with zero attached hydrogens (tertiary/aromatic N) is 3. The summed E-state index contributed by atoms with van der Waals surface area (Å²) >= 11 is 0. The van der Waals surface area contributed by atoms with Crippen LogP contribution in [0.3, 0.4) is 0 Å². The summed E-state index contributed by atoms with van der Waals surface area (Å²) < 4.78 is 15.5. The minimum atomic E-state index is -0.970. The maximum Gasteiger partial charge on any atom is 0.355 e. The fourth-order valence-corrected chi connectivity index (χ4v) is 3.81. The number of carbonyl (C=O) groups is 2. The molecule has 0 saturated heterocycles. The van der Waals surface area contributed by atoms with Crippen LogP contribution in [0.2, 0.25) is 0 Å². The van der Waals surface area contributed by atoms with Crippen molar-refractivity contribution in [2.24, 2.45) is 5.73 Å². The summed E-state index contributed by atoms with van der Waals surface area (Å²) in [6, 6.07) is 17.4. The third-order valence-electron chi connectivity index (χ3n) is 5.25. The van der Waals surface area contributed by atoms with Gasteiger partial charge in [0.15, 0.2) is 0 Å². The Hall–Kier alpha value is -4.76. The molecule has 0 amide bonds. The SMILES string of the molecule is CCOc1ccc(N2C(N)=C(C#N)C(c3ccccc3)C(C(=O)OC)=C2C(=O)OC)cc1C#N. The highest BCUT2D eigenvalue weighted by molar-refractivity contribution is 6.06. The quantitative estimate of drug-likeness (QED) is 0.647. The van der Waals surface area contributed by atoms with E-state index in [1.54, 1.807) is 49.4 Å². The topological polar surface area (TPSA) is 139 Å². The summed E-state index contributed by atoms with van der Waals surface area (Å²) in [4.78, 5) is 27.3. The first-order chi connectivity index (χ1) is 16.4. The standard InChI is InChI=1S/C25H22N4O5/c1-4-34-19-11-10-17(12-16(19)13-26)29-22(25(31)33-3)21(24(30)32-2)20(18(14-27)23(29)28)15-8-6-5-7-9-15/h5-12,20H,4,28H2,1-3H3. The molecule has 0 saturated carbocycles. The number of allylic oxidation sites excluding steroid dienone is 1. The Labute approximate surface area is 196 Å². The van der Waals surface area contributed by atoms with E-state index in [1.165, 1.54) is 25.2 Å². The molecule has 1 unspecified atom stereocenters. The zero-order valence-corrected chi connectivity index (χ0v) is 18.9. The van der Waals surface area contributed by atoms with Crippen molar-refractivity contribution in [1.82, 2.24) is 0 Å². The lowest BCUT2D eigenvalue weighted by molar-refractivity contribution is -0.139. The van der Waals surface area contributed by atoms with E-state index in [1.807, 2.05) is 6.07 Å². The fraction of sp³-hybridized carbons (Fsp3) is 0.200. The van der Waals surface area contributed by atoms with Crippen molar-refractivity contribution in [1.29, 1.82) is 10.5 Å². The highest BCUT2D eigenvalue weighted by atomic mass is 16.5. The number of hydrogen-bond acceptors (Lipinski definition) is 9. The number of nitrogens with two attached hydrogens (primary N) is 1. The molecule has 172 valence electrons. The smallest absolute Gasteiger partial charge is 0.355 e. The lowest BCUT2D eigenvalue weighted by Gasteiger charge is -2.36. The summed E-state index contributed by atoms with van der Waals surface area (Å²) in [6.45, 7) is 2.13. The van der Waals surface area contributed by atoms with Crippen LogP contribution in [0.15, 0.2) is 71.2 Å². The molecule has 0 radical (unpaired) electrons. The molecule has 2 aromatic rings. The van der Waals surface area contributed by atoms with Gasteiger partial charge in [-0.05, 0) is 30.7 Å². The largest absolute Gasteiger partial charge is 0.492 e. The lowest BCUT2D eigenvalue weighted by atomic mass is 9.81. The first kappa shape index (κ1) is 23.9. The predicted molar refractivity (Wildman–Crippen MR) is 122 cm³/mol. The lowest BCUT2D eigenvalue weighted by Crippen LogP contribution is -2.40. The Morgan fingerprint density at radius 3 is 2.26 bits per heavy atom. The maximum atomic E-state index is 13.0. The highest BCUT2D eigenvalue weighted by Gasteiger charge is 2.43. The molecule has 0 spiro atoms. The molecule has 0 aliphatic carbocycles. The van der Waals surface area contributed by atoms with E-state index in [0.29, 0.717) is 17.9 Å². The van der Waals surface area contributed by atoms with Gasteiger partial charge in [-0.15, -0.1) is 0 Å². The summed E-state index contributed by atoms with van der Waals surface area (Å²) in [5, 5.41) is 19.6. The molecule has 1 aliphatic heterocycles. The van der Waals surface area contributed by atoms with Crippen LogP contribution in [-0.4, -0.2) is 32.8 Å². The van der Waals surface area contributed by atoms with Gasteiger partial charge in [0.05, 0.1) is 49.5 Å². The van der Waals surface area contributed by atoms with Crippen LogP contribution in [0.1, 0.15) is 24.0 Å². The number of ether oxygens (including phenoxy) is 3. The molecule has 9 nitrogen and oxygen atoms in total. The third-order valence-corrected chi connectivity index (χ3v) is 5.25. The van der Waals surface area contributed by atoms with Crippen LogP contribution in [-0.2, 0) is 19.1 Å². The predicted octanol–water partition coefficient (Wildman–Crippen LogP) is 2.85. The number of methoxy groups -OCH3 is 2. The number of carbonyl (C=O) groups excluding carboxylic acids is 2. The van der Waals surface area contributed by atoms with Crippen molar-refractivity contribution >= 4 is 17.6 Å². The molecule has 0 aromatic heterocycles. The van der Waals surface area contributed by atoms with Gasteiger partial charge in [0.2, 0.25) is 0 Å². The minimum absolute atomic E-state index is 0.0339. The van der Waals surface area contributed by atoms with Crippen molar-refractivity contribution in [2.45, 2.75) is 12.8 Å². The van der Waals surface area contributed by atoms with Gasteiger partial charge in [0.1, 0.15) is 23.3 Å². The monoisotopic (exact) mass is 458 g/mol. The number of nitriles is 2. The number of anilines is 1. The van der Waals surface area contributed by atoms with Crippen molar-refractivity contribution in [2.75, 3.05) is 25.7 Å². The van der Waals surface area contributed by atoms with Gasteiger partial charge in [-0.1, -0.05) is 30.3 Å². The van der Waals surface area contributed by atoms with Crippen molar-refractivity contribution < 1.29 is 23.8 Å². The molecule has 0 fully saturated rings. The number of rotatable bonds is 6. The molecular formula is C25H22N4O5. The summed E-state index contributed by atoms with van der Waals surface area (Å²) in [5.41, 5.74) is 7.16. The number of benzene rings is 2. The molecule has 1 aliphatic rings. The fourth-order valence-electron chi connectivity index (χ4n) is 3.81. The van der Waals surface area contributed by atoms with E-state index < -0.39 is 17.9 Å². The highest BCUT2D eigenvalue weighted by Crippen LogP contribution is 2.43. The van der Waals surface area contributed by atoms with Gasteiger partial charge in [0, 0.05) is 5.69 Å². The number of esters is 2. The van der Waals surface area contributed by atoms with Crippen molar-refractivity contribution in [3.8, 4) is 17.9 Å². The van der Waals surface area contributed by atoms with Crippen LogP contribution in [0, 0.1) is 22.7 Å². The molecule has 1 atom stereocenters. The van der Waals surface area contributed by atoms with Gasteiger partial charge in [-0.25, -0.2) is 9.59 Å². The van der Waals surface area contributed by atoms with Crippen LogP contribution >= 0.6 is 0 Å². The van der Waals surface area contributed by atoms with Gasteiger partial charge in [-0.2, -0.15) is 10.5 Å². The normalized spacial score (nSPS) is 15.3. The van der Waals surface area contributed by atoms with Gasteiger partial charge in [-0.3, -0.25) is 4.90 Å². The first-order valence-corrected chi connectivity index (χ1v) is 10.3. The van der Waals surface area contributed by atoms with E-state index >= 15 is 0 Å². The third kappa shape index (κ3) is 4.15. The Morgan fingerprint density at radius 1 is 1.03 bits per heavy atom. The molecule has 2 aromatic carbocycles. The van der Waals surface area contributed by atoms with E-state index in [4.69, 9.17) is 19.9 Å². The summed E-state index contributed by atoms with van der Waals surface area (Å²) in [7, 11) is 2.34. The zero-order chi connectivity index (χ0) is 24.8. The molecule has 0 bridgehead atoms. The second-order valence-electron chi connectivity index (χ2n) is 7.06. The van der Waals surface area contributed by atoms with Gasteiger partial charge >= 0.3 is 11.9 Å². The first-order valence-electron chi connectivity index (χ1n) is 10.3. The molecule has 3 rings (SSSR count). The van der Waals surface area contributed by atoms with E-state index in [9.17, 15) is 20.1 Å². The second kappa shape index (κ2) is 10.2. The summed E-state index contributed by atoms with van der Waals surface area (Å²) in [6.07, 6.45) is 0. The van der Waals surface area contributed by atoms with Crippen LogP contribution in [0.4, 0.5) is 5.69 Å². The Kier molecular flexibility index (Phi) is 7.20. The van der Waals surface area contributed by atoms with Gasteiger partial charge < -0.3 is 19.9 Å². The molecule has 1 heterocycles. The summed E-state index contributed by atoms with van der Waals surface area (Å²) in [5.74, 6) is -2.41. The molecular weight excluding hydrogens is 436 g/mol. The number of hydrogen-bond donors (Lipinski definition) is 1. The molecule has 9 heteroatoms. The van der Waals surface area contributed by atoms with E-state index in [2.05, 4.69) is 6.07 Å².